The Balaban J connectivity index is 1.83. The Kier molecular flexibility index (Phi) is 5.41. The van der Waals surface area contributed by atoms with Crippen LogP contribution in [-0.2, 0) is 12.7 Å². The predicted octanol–water partition coefficient (Wildman–Crippen LogP) is 4.94. The second-order valence-corrected chi connectivity index (χ2v) is 6.75. The summed E-state index contributed by atoms with van der Waals surface area (Å²) >= 11 is 0. The Morgan fingerprint density at radius 1 is 1.03 bits per heavy atom. The van der Waals surface area contributed by atoms with Crippen LogP contribution < -0.4 is 4.74 Å². The highest BCUT2D eigenvalue weighted by molar-refractivity contribution is 5.91. The van der Waals surface area contributed by atoms with Crippen LogP contribution in [0.3, 0.4) is 0 Å². The molecule has 0 aliphatic heterocycles. The normalized spacial score (nSPS) is 11.8. The van der Waals surface area contributed by atoms with Crippen molar-refractivity contribution in [3.8, 4) is 23.1 Å². The average molecular weight is 450 g/mol. The van der Waals surface area contributed by atoms with Crippen LogP contribution in [0.5, 0.6) is 11.6 Å². The third-order valence-electron chi connectivity index (χ3n) is 4.61. The molecule has 4 aromatic rings. The van der Waals surface area contributed by atoms with Crippen LogP contribution in [0, 0.1) is 11.6 Å². The van der Waals surface area contributed by atoms with Crippen molar-refractivity contribution in [1.29, 1.82) is 0 Å². The van der Waals surface area contributed by atoms with E-state index >= 15 is 0 Å². The van der Waals surface area contributed by atoms with Gasteiger partial charge in [-0.25, -0.2) is 13.8 Å². The van der Waals surface area contributed by atoms with E-state index in [0.29, 0.717) is 17.0 Å². The number of nitrogens with zero attached hydrogens (tertiary/aromatic N) is 4. The van der Waals surface area contributed by atoms with Crippen molar-refractivity contribution in [3.05, 3.63) is 65.4 Å². The van der Waals surface area contributed by atoms with Gasteiger partial charge in [0.15, 0.2) is 11.5 Å². The van der Waals surface area contributed by atoms with Gasteiger partial charge in [0.1, 0.15) is 23.1 Å². The topological polar surface area (TPSA) is 73.1 Å². The largest absolute Gasteiger partial charge is 0.494 e. The Morgan fingerprint density at radius 2 is 1.72 bits per heavy atom. The molecule has 0 radical (unpaired) electrons. The van der Waals surface area contributed by atoms with Crippen molar-refractivity contribution < 1.29 is 31.8 Å². The number of aromatic nitrogens is 4. The number of aromatic hydroxyl groups is 1. The smallest absolute Gasteiger partial charge is 0.433 e. The number of hydrogen-bond acceptors (Lipinski definition) is 5. The maximum atomic E-state index is 14.5. The zero-order chi connectivity index (χ0) is 23.0. The Hall–Kier alpha value is -3.76. The molecule has 0 aliphatic rings. The quantitative estimate of drug-likeness (QED) is 0.436. The van der Waals surface area contributed by atoms with E-state index in [0.717, 1.165) is 12.1 Å². The lowest BCUT2D eigenvalue weighted by molar-refractivity contribution is -0.141. The lowest BCUT2D eigenvalue weighted by atomic mass is 10.1. The maximum Gasteiger partial charge on any atom is 0.433 e. The molecule has 0 spiro atoms. The third-order valence-corrected chi connectivity index (χ3v) is 4.61. The number of alkyl halides is 3. The molecule has 0 saturated carbocycles. The molecule has 0 aliphatic carbocycles. The second kappa shape index (κ2) is 8.06. The van der Waals surface area contributed by atoms with Crippen molar-refractivity contribution in [2.45, 2.75) is 19.6 Å². The number of halogens is 5. The van der Waals surface area contributed by atoms with E-state index in [9.17, 15) is 27.1 Å². The van der Waals surface area contributed by atoms with E-state index < -0.39 is 35.2 Å². The molecule has 0 fully saturated rings. The highest BCUT2D eigenvalue weighted by Gasteiger charge is 2.34. The van der Waals surface area contributed by atoms with Gasteiger partial charge in [-0.1, -0.05) is 18.2 Å². The summed E-state index contributed by atoms with van der Waals surface area (Å²) in [6.45, 7) is 1.56. The first-order valence-electron chi connectivity index (χ1n) is 9.39. The SMILES string of the molecule is CCOc1cc(F)c(Cn2nc(-c3nc(O)cc(C(F)(F)F)n3)c3ccccc32)c(F)c1. The number of fused-ring (bicyclic) bond motifs is 1. The minimum absolute atomic E-state index is 0.0325. The minimum atomic E-state index is -4.82. The van der Waals surface area contributed by atoms with Crippen molar-refractivity contribution in [1.82, 2.24) is 19.7 Å². The maximum absolute atomic E-state index is 14.5. The summed E-state index contributed by atoms with van der Waals surface area (Å²) in [6.07, 6.45) is -4.82. The van der Waals surface area contributed by atoms with E-state index in [1.165, 1.54) is 4.68 Å². The molecular weight excluding hydrogens is 435 g/mol. The molecule has 166 valence electrons. The van der Waals surface area contributed by atoms with Gasteiger partial charge in [0.05, 0.1) is 18.7 Å². The van der Waals surface area contributed by atoms with Gasteiger partial charge in [-0.3, -0.25) is 4.68 Å². The average Bonchev–Trinajstić information content (AvgIpc) is 3.08. The predicted molar refractivity (Wildman–Crippen MR) is 104 cm³/mol. The van der Waals surface area contributed by atoms with E-state index in [1.807, 2.05) is 0 Å². The van der Waals surface area contributed by atoms with E-state index in [4.69, 9.17) is 4.74 Å². The summed E-state index contributed by atoms with van der Waals surface area (Å²) in [4.78, 5) is 7.14. The summed E-state index contributed by atoms with van der Waals surface area (Å²) in [7, 11) is 0. The highest BCUT2D eigenvalue weighted by atomic mass is 19.4. The molecule has 1 N–H and O–H groups in total. The summed E-state index contributed by atoms with van der Waals surface area (Å²) in [5.74, 6) is -3.04. The number of para-hydroxylation sites is 1. The highest BCUT2D eigenvalue weighted by Crippen LogP contribution is 2.33. The molecule has 32 heavy (non-hydrogen) atoms. The number of benzene rings is 2. The molecule has 0 atom stereocenters. The molecule has 11 heteroatoms. The number of hydrogen-bond donors (Lipinski definition) is 1. The Bertz CT molecular complexity index is 1280. The van der Waals surface area contributed by atoms with Gasteiger partial charge >= 0.3 is 6.18 Å². The van der Waals surface area contributed by atoms with Gasteiger partial charge in [0, 0.05) is 29.1 Å². The van der Waals surface area contributed by atoms with Gasteiger partial charge < -0.3 is 9.84 Å². The second-order valence-electron chi connectivity index (χ2n) is 6.75. The number of rotatable bonds is 5. The standard InChI is InChI=1S/C21H15F5N4O2/c1-2-32-11-7-14(22)13(15(23)8-11)10-30-16-6-4-3-5-12(16)19(29-30)20-27-17(21(24,25)26)9-18(31)28-20/h3-9H,2,10H2,1H3,(H,27,28,31). The van der Waals surface area contributed by atoms with Gasteiger partial charge in [-0.05, 0) is 13.0 Å². The van der Waals surface area contributed by atoms with Gasteiger partial charge in [0.25, 0.3) is 0 Å². The molecular formula is C21H15F5N4O2. The summed E-state index contributed by atoms with van der Waals surface area (Å²) in [6, 6.07) is 8.88. The lowest BCUT2D eigenvalue weighted by Crippen LogP contribution is -2.10. The van der Waals surface area contributed by atoms with Crippen LogP contribution in [0.2, 0.25) is 0 Å². The fraction of sp³-hybridized carbons (Fsp3) is 0.190. The van der Waals surface area contributed by atoms with Crippen LogP contribution in [-0.4, -0.2) is 31.5 Å². The fourth-order valence-corrected chi connectivity index (χ4v) is 3.23. The molecule has 0 bridgehead atoms. The molecule has 2 aromatic heterocycles. The van der Waals surface area contributed by atoms with Crippen LogP contribution >= 0.6 is 0 Å². The third kappa shape index (κ3) is 4.05. The molecule has 2 aromatic carbocycles. The van der Waals surface area contributed by atoms with E-state index in [2.05, 4.69) is 15.1 Å². The van der Waals surface area contributed by atoms with Crippen molar-refractivity contribution in [2.24, 2.45) is 0 Å². The fourth-order valence-electron chi connectivity index (χ4n) is 3.23. The Morgan fingerprint density at radius 3 is 2.38 bits per heavy atom. The summed E-state index contributed by atoms with van der Waals surface area (Å²) in [5, 5.41) is 14.2. The number of ether oxygens (including phenoxy) is 1. The van der Waals surface area contributed by atoms with Crippen molar-refractivity contribution >= 4 is 10.9 Å². The molecule has 0 unspecified atom stereocenters. The minimum Gasteiger partial charge on any atom is -0.494 e. The van der Waals surface area contributed by atoms with Gasteiger partial charge in [-0.15, -0.1) is 0 Å². The summed E-state index contributed by atoms with van der Waals surface area (Å²) < 4.78 is 74.8. The molecule has 0 amide bonds. The van der Waals surface area contributed by atoms with Crippen LogP contribution in [0.25, 0.3) is 22.4 Å². The summed E-state index contributed by atoms with van der Waals surface area (Å²) in [5.41, 5.74) is -1.34. The lowest BCUT2D eigenvalue weighted by Gasteiger charge is -2.10. The first-order chi connectivity index (χ1) is 15.2. The molecule has 2 heterocycles. The monoisotopic (exact) mass is 450 g/mol. The van der Waals surface area contributed by atoms with Gasteiger partial charge in [0.2, 0.25) is 5.88 Å². The first-order valence-corrected chi connectivity index (χ1v) is 9.39. The molecule has 6 nitrogen and oxygen atoms in total. The molecule has 4 rings (SSSR count). The van der Waals surface area contributed by atoms with Crippen LogP contribution in [0.4, 0.5) is 22.0 Å². The zero-order valence-corrected chi connectivity index (χ0v) is 16.5. The van der Waals surface area contributed by atoms with Crippen molar-refractivity contribution in [3.63, 3.8) is 0 Å². The van der Waals surface area contributed by atoms with Crippen LogP contribution in [0.1, 0.15) is 18.2 Å². The first kappa shape index (κ1) is 21.5. The van der Waals surface area contributed by atoms with E-state index in [-0.39, 0.29) is 30.2 Å². The Labute approximate surface area is 177 Å². The van der Waals surface area contributed by atoms with Crippen LogP contribution in [0.15, 0.2) is 42.5 Å². The molecule has 0 saturated heterocycles. The van der Waals surface area contributed by atoms with Gasteiger partial charge in [-0.2, -0.15) is 23.3 Å². The van der Waals surface area contributed by atoms with Crippen molar-refractivity contribution in [2.75, 3.05) is 6.61 Å². The van der Waals surface area contributed by atoms with E-state index in [1.54, 1.807) is 31.2 Å². The zero-order valence-electron chi connectivity index (χ0n) is 16.5.